The van der Waals surface area contributed by atoms with Crippen molar-refractivity contribution in [3.05, 3.63) is 65.2 Å². The molecule has 0 unspecified atom stereocenters. The zero-order valence-corrected chi connectivity index (χ0v) is 18.9. The quantitative estimate of drug-likeness (QED) is 0.694. The van der Waals surface area contributed by atoms with Crippen LogP contribution in [0.1, 0.15) is 23.6 Å². The lowest BCUT2D eigenvalue weighted by molar-refractivity contribution is -0.139. The number of nitrogens with zero attached hydrogens (tertiary/aromatic N) is 2. The number of anilines is 1. The summed E-state index contributed by atoms with van der Waals surface area (Å²) in [5.41, 5.74) is 3.18. The van der Waals surface area contributed by atoms with Crippen LogP contribution >= 0.6 is 0 Å². The number of hydrogen-bond donors (Lipinski definition) is 1. The summed E-state index contributed by atoms with van der Waals surface area (Å²) in [6, 6.07) is 13.8. The molecule has 162 valence electrons. The Hall–Kier alpha value is -2.87. The summed E-state index contributed by atoms with van der Waals surface area (Å²) in [6.07, 6.45) is 1.07. The lowest BCUT2D eigenvalue weighted by Gasteiger charge is -2.31. The van der Waals surface area contributed by atoms with Crippen molar-refractivity contribution in [2.24, 2.45) is 0 Å². The molecule has 2 aromatic rings. The first kappa shape index (κ1) is 23.4. The van der Waals surface area contributed by atoms with Crippen molar-refractivity contribution in [1.29, 1.82) is 0 Å². The second-order valence-electron chi connectivity index (χ2n) is 7.41. The minimum absolute atomic E-state index is 0.195. The average Bonchev–Trinajstić information content (AvgIpc) is 2.68. The number of benzene rings is 2. The molecule has 0 spiro atoms. The first-order chi connectivity index (χ1) is 14.0. The summed E-state index contributed by atoms with van der Waals surface area (Å²) in [6.45, 7) is 5.23. The van der Waals surface area contributed by atoms with Crippen molar-refractivity contribution in [2.45, 2.75) is 33.4 Å². The molecule has 0 fully saturated rings. The molecule has 0 radical (unpaired) electrons. The number of carbonyl (C=O) groups excluding carboxylic acids is 2. The number of likely N-dealkylation sites (N-methyl/N-ethyl adjacent to an activating group) is 1. The van der Waals surface area contributed by atoms with E-state index in [0.717, 1.165) is 27.3 Å². The molecule has 2 rings (SSSR count). The fourth-order valence-corrected chi connectivity index (χ4v) is 4.04. The molecule has 1 atom stereocenters. The number of carbonyl (C=O) groups is 2. The Morgan fingerprint density at radius 1 is 1.03 bits per heavy atom. The van der Waals surface area contributed by atoms with E-state index in [4.69, 9.17) is 0 Å². The third kappa shape index (κ3) is 6.06. The van der Waals surface area contributed by atoms with Crippen LogP contribution in [0.25, 0.3) is 0 Å². The standard InChI is InChI=1S/C22H29N3O4S/c1-16-8-6-10-19(12-16)14-24(18(3)22(27)23-4)21(26)15-25(30(5,28)29)20-11-7-9-17(2)13-20/h6-13,18H,14-15H2,1-5H3,(H,23,27)/t18-/m1/s1. The number of nitrogens with one attached hydrogen (secondary N) is 1. The van der Waals surface area contributed by atoms with Crippen LogP contribution in [-0.4, -0.2) is 51.0 Å². The van der Waals surface area contributed by atoms with Crippen molar-refractivity contribution < 1.29 is 18.0 Å². The molecular formula is C22H29N3O4S. The molecule has 0 aliphatic heterocycles. The van der Waals surface area contributed by atoms with Crippen LogP contribution in [0, 0.1) is 13.8 Å². The fraction of sp³-hybridized carbons (Fsp3) is 0.364. The van der Waals surface area contributed by atoms with Gasteiger partial charge in [0.1, 0.15) is 12.6 Å². The van der Waals surface area contributed by atoms with Gasteiger partial charge >= 0.3 is 0 Å². The van der Waals surface area contributed by atoms with Crippen LogP contribution in [0.5, 0.6) is 0 Å². The summed E-state index contributed by atoms with van der Waals surface area (Å²) in [5, 5.41) is 2.56. The highest BCUT2D eigenvalue weighted by Crippen LogP contribution is 2.20. The normalized spacial score (nSPS) is 12.2. The molecular weight excluding hydrogens is 402 g/mol. The van der Waals surface area contributed by atoms with E-state index < -0.39 is 28.5 Å². The maximum Gasteiger partial charge on any atom is 0.244 e. The summed E-state index contributed by atoms with van der Waals surface area (Å²) in [7, 11) is -2.21. The third-order valence-corrected chi connectivity index (χ3v) is 5.96. The first-order valence-corrected chi connectivity index (χ1v) is 11.5. The minimum Gasteiger partial charge on any atom is -0.357 e. The van der Waals surface area contributed by atoms with Crippen LogP contribution in [0.15, 0.2) is 48.5 Å². The van der Waals surface area contributed by atoms with E-state index in [1.54, 1.807) is 25.1 Å². The summed E-state index contributed by atoms with van der Waals surface area (Å²) < 4.78 is 26.0. The Balaban J connectivity index is 2.38. The largest absolute Gasteiger partial charge is 0.357 e. The topological polar surface area (TPSA) is 86.8 Å². The Bertz CT molecular complexity index is 1020. The molecule has 7 nitrogen and oxygen atoms in total. The van der Waals surface area contributed by atoms with Crippen molar-refractivity contribution in [3.8, 4) is 0 Å². The van der Waals surface area contributed by atoms with Gasteiger partial charge in [0.15, 0.2) is 0 Å². The summed E-state index contributed by atoms with van der Waals surface area (Å²) in [5.74, 6) is -0.781. The Labute approximate surface area is 178 Å². The van der Waals surface area contributed by atoms with Crippen LogP contribution < -0.4 is 9.62 Å². The predicted octanol–water partition coefficient (Wildman–Crippen LogP) is 2.23. The van der Waals surface area contributed by atoms with Crippen molar-refractivity contribution in [1.82, 2.24) is 10.2 Å². The number of hydrogen-bond acceptors (Lipinski definition) is 4. The molecule has 1 N–H and O–H groups in total. The van der Waals surface area contributed by atoms with E-state index in [1.807, 2.05) is 44.2 Å². The predicted molar refractivity (Wildman–Crippen MR) is 119 cm³/mol. The van der Waals surface area contributed by atoms with Gasteiger partial charge in [-0.05, 0) is 44.0 Å². The average molecular weight is 432 g/mol. The fourth-order valence-electron chi connectivity index (χ4n) is 3.20. The van der Waals surface area contributed by atoms with Gasteiger partial charge in [0.05, 0.1) is 11.9 Å². The molecule has 0 saturated heterocycles. The number of amides is 2. The Kier molecular flexibility index (Phi) is 7.61. The zero-order valence-electron chi connectivity index (χ0n) is 18.0. The second kappa shape index (κ2) is 9.75. The monoisotopic (exact) mass is 431 g/mol. The molecule has 8 heteroatoms. The minimum atomic E-state index is -3.71. The highest BCUT2D eigenvalue weighted by molar-refractivity contribution is 7.92. The zero-order chi connectivity index (χ0) is 22.5. The maximum atomic E-state index is 13.2. The van der Waals surface area contributed by atoms with Crippen molar-refractivity contribution in [3.63, 3.8) is 0 Å². The molecule has 2 amide bonds. The van der Waals surface area contributed by atoms with E-state index in [0.29, 0.717) is 5.69 Å². The lowest BCUT2D eigenvalue weighted by Crippen LogP contribution is -2.50. The van der Waals surface area contributed by atoms with Gasteiger partial charge in [0, 0.05) is 13.6 Å². The molecule has 0 aromatic heterocycles. The molecule has 2 aromatic carbocycles. The van der Waals surface area contributed by atoms with Gasteiger partial charge in [0.2, 0.25) is 21.8 Å². The van der Waals surface area contributed by atoms with Crippen molar-refractivity contribution in [2.75, 3.05) is 24.2 Å². The van der Waals surface area contributed by atoms with E-state index in [1.165, 1.54) is 11.9 Å². The van der Waals surface area contributed by atoms with Crippen LogP contribution in [0.4, 0.5) is 5.69 Å². The van der Waals surface area contributed by atoms with Gasteiger partial charge in [-0.2, -0.15) is 0 Å². The molecule has 0 aliphatic carbocycles. The third-order valence-electron chi connectivity index (χ3n) is 4.82. The Morgan fingerprint density at radius 2 is 1.63 bits per heavy atom. The van der Waals surface area contributed by atoms with E-state index in [-0.39, 0.29) is 12.5 Å². The van der Waals surface area contributed by atoms with Crippen LogP contribution in [0.2, 0.25) is 0 Å². The molecule has 0 saturated carbocycles. The first-order valence-electron chi connectivity index (χ1n) is 9.64. The summed E-state index contributed by atoms with van der Waals surface area (Å²) >= 11 is 0. The number of sulfonamides is 1. The van der Waals surface area contributed by atoms with Crippen LogP contribution in [0.3, 0.4) is 0 Å². The highest BCUT2D eigenvalue weighted by Gasteiger charge is 2.29. The van der Waals surface area contributed by atoms with Crippen LogP contribution in [-0.2, 0) is 26.2 Å². The molecule has 0 bridgehead atoms. The molecule has 30 heavy (non-hydrogen) atoms. The van der Waals surface area contributed by atoms with Crippen molar-refractivity contribution >= 4 is 27.5 Å². The van der Waals surface area contributed by atoms with Gasteiger partial charge in [0.25, 0.3) is 0 Å². The lowest BCUT2D eigenvalue weighted by atomic mass is 10.1. The van der Waals surface area contributed by atoms with E-state index >= 15 is 0 Å². The van der Waals surface area contributed by atoms with E-state index in [9.17, 15) is 18.0 Å². The molecule has 0 aliphatic rings. The Morgan fingerprint density at radius 3 is 2.17 bits per heavy atom. The number of rotatable bonds is 8. The van der Waals surface area contributed by atoms with Gasteiger partial charge in [-0.3, -0.25) is 13.9 Å². The van der Waals surface area contributed by atoms with Gasteiger partial charge in [-0.25, -0.2) is 8.42 Å². The van der Waals surface area contributed by atoms with E-state index in [2.05, 4.69) is 5.32 Å². The smallest absolute Gasteiger partial charge is 0.244 e. The highest BCUT2D eigenvalue weighted by atomic mass is 32.2. The van der Waals surface area contributed by atoms with Gasteiger partial charge in [-0.1, -0.05) is 42.0 Å². The van der Waals surface area contributed by atoms with Gasteiger partial charge in [-0.15, -0.1) is 0 Å². The summed E-state index contributed by atoms with van der Waals surface area (Å²) in [4.78, 5) is 26.9. The SMILES string of the molecule is CNC(=O)[C@@H](C)N(Cc1cccc(C)c1)C(=O)CN(c1cccc(C)c1)S(C)(=O)=O. The molecule has 0 heterocycles. The second-order valence-corrected chi connectivity index (χ2v) is 9.32. The number of aryl methyl sites for hydroxylation is 2. The maximum absolute atomic E-state index is 13.2. The van der Waals surface area contributed by atoms with Gasteiger partial charge < -0.3 is 10.2 Å².